The van der Waals surface area contributed by atoms with Gasteiger partial charge in [0.25, 0.3) is 0 Å². The summed E-state index contributed by atoms with van der Waals surface area (Å²) in [5.74, 6) is 1.23. The largest absolute Gasteiger partial charge is 0.313 e. The maximum Gasteiger partial charge on any atom is 0.148 e. The van der Waals surface area contributed by atoms with Crippen LogP contribution in [0.1, 0.15) is 24.8 Å². The van der Waals surface area contributed by atoms with Crippen LogP contribution in [0.3, 0.4) is 0 Å². The van der Waals surface area contributed by atoms with Crippen LogP contribution in [-0.2, 0) is 9.84 Å². The summed E-state index contributed by atoms with van der Waals surface area (Å²) in [6.07, 6.45) is 2.41. The van der Waals surface area contributed by atoms with Crippen LogP contribution >= 0.6 is 0 Å². The van der Waals surface area contributed by atoms with Crippen LogP contribution in [0.5, 0.6) is 0 Å². The molecule has 3 nitrogen and oxygen atoms in total. The zero-order chi connectivity index (χ0) is 13.2. The highest BCUT2D eigenvalue weighted by Crippen LogP contribution is 2.49. The van der Waals surface area contributed by atoms with Gasteiger partial charge in [-0.1, -0.05) is 37.3 Å². The second-order valence-corrected chi connectivity index (χ2v) is 7.36. The summed E-state index contributed by atoms with van der Waals surface area (Å²) in [5, 5.41) is 3.32. The van der Waals surface area contributed by atoms with E-state index in [1.54, 1.807) is 0 Å². The summed E-state index contributed by atoms with van der Waals surface area (Å²) in [6, 6.07) is 10.5. The summed E-state index contributed by atoms with van der Waals surface area (Å²) in [4.78, 5) is 0. The maximum atomic E-state index is 11.5. The van der Waals surface area contributed by atoms with Crippen LogP contribution in [-0.4, -0.2) is 33.0 Å². The Hall–Kier alpha value is -0.870. The Morgan fingerprint density at radius 1 is 1.33 bits per heavy atom. The maximum absolute atomic E-state index is 11.5. The second kappa shape index (κ2) is 5.41. The first-order chi connectivity index (χ1) is 8.51. The van der Waals surface area contributed by atoms with Crippen molar-refractivity contribution in [3.8, 4) is 0 Å². The van der Waals surface area contributed by atoms with Crippen molar-refractivity contribution in [2.45, 2.75) is 25.3 Å². The molecule has 0 saturated heterocycles. The summed E-state index contributed by atoms with van der Waals surface area (Å²) < 4.78 is 22.9. The van der Waals surface area contributed by atoms with E-state index in [0.717, 1.165) is 13.0 Å². The molecule has 2 rings (SSSR count). The zero-order valence-corrected chi connectivity index (χ0v) is 11.8. The molecule has 3 atom stereocenters. The van der Waals surface area contributed by atoms with Crippen LogP contribution < -0.4 is 5.32 Å². The molecule has 3 unspecified atom stereocenters. The molecule has 18 heavy (non-hydrogen) atoms. The van der Waals surface area contributed by atoms with Gasteiger partial charge in [-0.2, -0.15) is 0 Å². The summed E-state index contributed by atoms with van der Waals surface area (Å²) in [7, 11) is -2.92. The molecule has 4 heteroatoms. The third-order valence-electron chi connectivity index (χ3n) is 3.53. The lowest BCUT2D eigenvalue weighted by molar-refractivity contribution is 0.496. The van der Waals surface area contributed by atoms with Gasteiger partial charge < -0.3 is 5.32 Å². The molecule has 0 aromatic heterocycles. The predicted molar refractivity (Wildman–Crippen MR) is 74.5 cm³/mol. The predicted octanol–water partition coefficient (Wildman–Crippen LogP) is 1.81. The van der Waals surface area contributed by atoms with Crippen molar-refractivity contribution in [3.63, 3.8) is 0 Å². The Morgan fingerprint density at radius 2 is 2.00 bits per heavy atom. The van der Waals surface area contributed by atoms with Crippen LogP contribution in [0.25, 0.3) is 0 Å². The van der Waals surface area contributed by atoms with E-state index in [9.17, 15) is 8.42 Å². The Labute approximate surface area is 110 Å². The van der Waals surface area contributed by atoms with Gasteiger partial charge in [-0.3, -0.25) is 0 Å². The van der Waals surface area contributed by atoms with Gasteiger partial charge in [0.15, 0.2) is 0 Å². The van der Waals surface area contributed by atoms with Crippen LogP contribution in [0.2, 0.25) is 0 Å². The molecule has 0 amide bonds. The third kappa shape index (κ3) is 3.56. The first kappa shape index (κ1) is 13.6. The van der Waals surface area contributed by atoms with E-state index < -0.39 is 9.84 Å². The number of sulfone groups is 1. The molecule has 0 aliphatic heterocycles. The van der Waals surface area contributed by atoms with Gasteiger partial charge in [0.2, 0.25) is 0 Å². The topological polar surface area (TPSA) is 46.2 Å². The second-order valence-electron chi connectivity index (χ2n) is 5.17. The molecule has 1 aromatic carbocycles. The Balaban J connectivity index is 2.02. The summed E-state index contributed by atoms with van der Waals surface area (Å²) >= 11 is 0. The number of hydrogen-bond donors (Lipinski definition) is 1. The van der Waals surface area contributed by atoms with E-state index in [4.69, 9.17) is 0 Å². The van der Waals surface area contributed by atoms with Crippen molar-refractivity contribution in [2.24, 2.45) is 5.92 Å². The molecule has 100 valence electrons. The fraction of sp³-hybridized carbons (Fsp3) is 0.571. The fourth-order valence-electron chi connectivity index (χ4n) is 2.67. The Kier molecular flexibility index (Phi) is 4.07. The van der Waals surface area contributed by atoms with E-state index in [0.29, 0.717) is 11.8 Å². The van der Waals surface area contributed by atoms with E-state index in [1.807, 2.05) is 25.1 Å². The van der Waals surface area contributed by atoms with Gasteiger partial charge in [0.05, 0.1) is 5.75 Å². The van der Waals surface area contributed by atoms with Crippen molar-refractivity contribution in [1.82, 2.24) is 5.32 Å². The number of benzene rings is 1. The quantitative estimate of drug-likeness (QED) is 0.855. The molecule has 1 saturated carbocycles. The van der Waals surface area contributed by atoms with Crippen LogP contribution in [0.15, 0.2) is 30.3 Å². The van der Waals surface area contributed by atoms with Crippen LogP contribution in [0, 0.1) is 5.92 Å². The number of nitrogens with one attached hydrogen (secondary N) is 1. The van der Waals surface area contributed by atoms with Crippen molar-refractivity contribution in [1.29, 1.82) is 0 Å². The Morgan fingerprint density at radius 3 is 2.56 bits per heavy atom. The SMILES string of the molecule is CCNC(CS(C)(=O)=O)C1CC1c1ccccc1. The minimum atomic E-state index is -2.92. The lowest BCUT2D eigenvalue weighted by atomic mass is 10.1. The average molecular weight is 267 g/mol. The van der Waals surface area contributed by atoms with Crippen molar-refractivity contribution in [2.75, 3.05) is 18.6 Å². The average Bonchev–Trinajstić information content (AvgIpc) is 3.08. The molecule has 1 aliphatic carbocycles. The molecule has 0 spiro atoms. The molecule has 0 bridgehead atoms. The smallest absolute Gasteiger partial charge is 0.148 e. The first-order valence-corrected chi connectivity index (χ1v) is 8.53. The molecular formula is C14H21NO2S. The highest BCUT2D eigenvalue weighted by molar-refractivity contribution is 7.90. The lowest BCUT2D eigenvalue weighted by Crippen LogP contribution is -2.37. The van der Waals surface area contributed by atoms with E-state index in [-0.39, 0.29) is 11.8 Å². The standard InChI is InChI=1S/C14H21NO2S/c1-3-15-14(10-18(2,16)17)13-9-12(13)11-7-5-4-6-8-11/h4-8,12-15H,3,9-10H2,1-2H3. The van der Waals surface area contributed by atoms with Crippen molar-refractivity contribution < 1.29 is 8.42 Å². The third-order valence-corrected chi connectivity index (χ3v) is 4.50. The number of hydrogen-bond acceptors (Lipinski definition) is 3. The van der Waals surface area contributed by atoms with Gasteiger partial charge in [-0.15, -0.1) is 0 Å². The highest BCUT2D eigenvalue weighted by Gasteiger charge is 2.44. The summed E-state index contributed by atoms with van der Waals surface area (Å²) in [5.41, 5.74) is 1.33. The molecule has 0 radical (unpaired) electrons. The monoisotopic (exact) mass is 267 g/mol. The van der Waals surface area contributed by atoms with Gasteiger partial charge in [-0.25, -0.2) is 8.42 Å². The molecule has 0 heterocycles. The molecule has 1 fully saturated rings. The van der Waals surface area contributed by atoms with Gasteiger partial charge >= 0.3 is 0 Å². The number of rotatable bonds is 6. The van der Waals surface area contributed by atoms with E-state index in [1.165, 1.54) is 11.8 Å². The van der Waals surface area contributed by atoms with Crippen molar-refractivity contribution in [3.05, 3.63) is 35.9 Å². The van der Waals surface area contributed by atoms with Crippen molar-refractivity contribution >= 4 is 9.84 Å². The first-order valence-electron chi connectivity index (χ1n) is 6.47. The Bertz CT molecular complexity index is 484. The highest BCUT2D eigenvalue weighted by atomic mass is 32.2. The minimum absolute atomic E-state index is 0.0928. The summed E-state index contributed by atoms with van der Waals surface area (Å²) in [6.45, 7) is 2.84. The lowest BCUT2D eigenvalue weighted by Gasteiger charge is -2.17. The van der Waals surface area contributed by atoms with Gasteiger partial charge in [0.1, 0.15) is 9.84 Å². The fourth-order valence-corrected chi connectivity index (χ4v) is 3.68. The molecule has 1 N–H and O–H groups in total. The van der Waals surface area contributed by atoms with Crippen LogP contribution in [0.4, 0.5) is 0 Å². The van der Waals surface area contributed by atoms with E-state index >= 15 is 0 Å². The molecule has 1 aliphatic rings. The van der Waals surface area contributed by atoms with Gasteiger partial charge in [0, 0.05) is 12.3 Å². The molecule has 1 aromatic rings. The van der Waals surface area contributed by atoms with Gasteiger partial charge in [-0.05, 0) is 30.4 Å². The minimum Gasteiger partial charge on any atom is -0.313 e. The normalized spacial score (nSPS) is 24.8. The zero-order valence-electron chi connectivity index (χ0n) is 11.0. The molecular weight excluding hydrogens is 246 g/mol. The van der Waals surface area contributed by atoms with E-state index in [2.05, 4.69) is 17.4 Å².